The van der Waals surface area contributed by atoms with E-state index in [9.17, 15) is 8.42 Å². The molecule has 0 aliphatic carbocycles. The summed E-state index contributed by atoms with van der Waals surface area (Å²) in [6.07, 6.45) is 4.02. The van der Waals surface area contributed by atoms with Gasteiger partial charge in [0.2, 0.25) is 10.0 Å². The molecule has 1 aliphatic heterocycles. The summed E-state index contributed by atoms with van der Waals surface area (Å²) in [7, 11) is -3.09. The SMILES string of the molecule is CC(C)CNc1ccc(C[C@H]2CCCN(S(C)(=O)=O)C2)nn1. The molecule has 1 saturated heterocycles. The summed E-state index contributed by atoms with van der Waals surface area (Å²) in [6.45, 7) is 6.39. The van der Waals surface area contributed by atoms with Gasteiger partial charge in [-0.15, -0.1) is 5.10 Å². The highest BCUT2D eigenvalue weighted by atomic mass is 32.2. The van der Waals surface area contributed by atoms with Crippen LogP contribution in [-0.2, 0) is 16.4 Å². The standard InChI is InChI=1S/C15H26N4O2S/c1-12(2)10-16-15-7-6-14(17-18-15)9-13-5-4-8-19(11-13)22(3,20)21/h6-7,12-13H,4-5,8-11H2,1-3H3,(H,16,18)/t13-/m1/s1. The van der Waals surface area contributed by atoms with Crippen molar-refractivity contribution < 1.29 is 8.42 Å². The van der Waals surface area contributed by atoms with Gasteiger partial charge in [0.1, 0.15) is 5.82 Å². The number of nitrogens with zero attached hydrogens (tertiary/aromatic N) is 3. The van der Waals surface area contributed by atoms with E-state index in [0.29, 0.717) is 24.9 Å². The van der Waals surface area contributed by atoms with Crippen molar-refractivity contribution in [2.24, 2.45) is 11.8 Å². The van der Waals surface area contributed by atoms with Gasteiger partial charge in [-0.05, 0) is 43.2 Å². The molecule has 1 aliphatic rings. The second-order valence-corrected chi connectivity index (χ2v) is 8.50. The summed E-state index contributed by atoms with van der Waals surface area (Å²) in [6, 6.07) is 3.93. The Morgan fingerprint density at radius 2 is 2.14 bits per heavy atom. The van der Waals surface area contributed by atoms with E-state index in [0.717, 1.165) is 37.3 Å². The van der Waals surface area contributed by atoms with Gasteiger partial charge in [-0.3, -0.25) is 0 Å². The molecule has 1 N–H and O–H groups in total. The minimum absolute atomic E-state index is 0.326. The van der Waals surface area contributed by atoms with Crippen LogP contribution in [0.3, 0.4) is 0 Å². The number of piperidine rings is 1. The molecule has 2 heterocycles. The molecule has 1 fully saturated rings. The highest BCUT2D eigenvalue weighted by Gasteiger charge is 2.26. The first-order chi connectivity index (χ1) is 10.3. The van der Waals surface area contributed by atoms with Crippen molar-refractivity contribution in [3.63, 3.8) is 0 Å². The number of anilines is 1. The average molecular weight is 326 g/mol. The molecule has 7 heteroatoms. The summed E-state index contributed by atoms with van der Waals surface area (Å²) in [5.74, 6) is 1.68. The number of nitrogens with one attached hydrogen (secondary N) is 1. The maximum atomic E-state index is 11.6. The summed E-state index contributed by atoms with van der Waals surface area (Å²) < 4.78 is 24.9. The largest absolute Gasteiger partial charge is 0.368 e. The van der Waals surface area contributed by atoms with E-state index >= 15 is 0 Å². The van der Waals surface area contributed by atoms with E-state index in [2.05, 4.69) is 29.4 Å². The molecular weight excluding hydrogens is 300 g/mol. The van der Waals surface area contributed by atoms with E-state index < -0.39 is 10.0 Å². The lowest BCUT2D eigenvalue weighted by molar-refractivity contribution is 0.265. The summed E-state index contributed by atoms with van der Waals surface area (Å²) in [5, 5.41) is 11.7. The molecule has 0 amide bonds. The summed E-state index contributed by atoms with van der Waals surface area (Å²) >= 11 is 0. The number of hydrogen-bond acceptors (Lipinski definition) is 5. The van der Waals surface area contributed by atoms with Gasteiger partial charge in [-0.25, -0.2) is 12.7 Å². The number of rotatable bonds is 6. The third kappa shape index (κ3) is 5.21. The Morgan fingerprint density at radius 1 is 1.36 bits per heavy atom. The normalized spacial score (nSPS) is 20.3. The lowest BCUT2D eigenvalue weighted by Crippen LogP contribution is -2.39. The molecule has 22 heavy (non-hydrogen) atoms. The summed E-state index contributed by atoms with van der Waals surface area (Å²) in [5.41, 5.74) is 0.926. The Hall–Kier alpha value is -1.21. The van der Waals surface area contributed by atoms with Gasteiger partial charge in [0.25, 0.3) is 0 Å². The van der Waals surface area contributed by atoms with Gasteiger partial charge in [0.05, 0.1) is 11.9 Å². The van der Waals surface area contributed by atoms with E-state index in [-0.39, 0.29) is 0 Å². The van der Waals surface area contributed by atoms with Gasteiger partial charge in [0.15, 0.2) is 0 Å². The first-order valence-corrected chi connectivity index (χ1v) is 9.71. The first-order valence-electron chi connectivity index (χ1n) is 7.86. The Kier molecular flexibility index (Phi) is 5.74. The Labute approximate surface area is 133 Å². The van der Waals surface area contributed by atoms with Crippen LogP contribution in [-0.4, -0.2) is 48.8 Å². The topological polar surface area (TPSA) is 75.2 Å². The van der Waals surface area contributed by atoms with Crippen LogP contribution >= 0.6 is 0 Å². The van der Waals surface area contributed by atoms with Crippen molar-refractivity contribution in [3.8, 4) is 0 Å². The molecule has 124 valence electrons. The second kappa shape index (κ2) is 7.37. The number of aromatic nitrogens is 2. The number of sulfonamides is 1. The van der Waals surface area contributed by atoms with Gasteiger partial charge in [-0.2, -0.15) is 5.10 Å². The maximum absolute atomic E-state index is 11.6. The van der Waals surface area contributed by atoms with Crippen molar-refractivity contribution in [1.82, 2.24) is 14.5 Å². The highest BCUT2D eigenvalue weighted by Crippen LogP contribution is 2.21. The van der Waals surface area contributed by atoms with Crippen molar-refractivity contribution in [1.29, 1.82) is 0 Å². The molecular formula is C15H26N4O2S. The van der Waals surface area contributed by atoms with Crippen LogP contribution in [0.1, 0.15) is 32.4 Å². The third-order valence-electron chi connectivity index (χ3n) is 3.86. The van der Waals surface area contributed by atoms with Crippen molar-refractivity contribution in [3.05, 3.63) is 17.8 Å². The zero-order valence-corrected chi connectivity index (χ0v) is 14.4. The lowest BCUT2D eigenvalue weighted by atomic mass is 9.94. The fourth-order valence-electron chi connectivity index (χ4n) is 2.66. The van der Waals surface area contributed by atoms with Crippen molar-refractivity contribution in [2.75, 3.05) is 31.2 Å². The Balaban J connectivity index is 1.90. The van der Waals surface area contributed by atoms with Crippen LogP contribution in [0.15, 0.2) is 12.1 Å². The molecule has 1 aromatic rings. The van der Waals surface area contributed by atoms with E-state index in [4.69, 9.17) is 0 Å². The van der Waals surface area contributed by atoms with Gasteiger partial charge in [-0.1, -0.05) is 13.8 Å². The smallest absolute Gasteiger partial charge is 0.211 e. The Morgan fingerprint density at radius 3 is 2.73 bits per heavy atom. The molecule has 0 radical (unpaired) electrons. The third-order valence-corrected chi connectivity index (χ3v) is 5.13. The molecule has 6 nitrogen and oxygen atoms in total. The van der Waals surface area contributed by atoms with E-state index in [1.54, 1.807) is 4.31 Å². The number of hydrogen-bond donors (Lipinski definition) is 1. The predicted molar refractivity (Wildman–Crippen MR) is 88.2 cm³/mol. The first kappa shape index (κ1) is 17.1. The molecule has 0 saturated carbocycles. The summed E-state index contributed by atoms with van der Waals surface area (Å²) in [4.78, 5) is 0. The van der Waals surface area contributed by atoms with E-state index in [1.807, 2.05) is 12.1 Å². The highest BCUT2D eigenvalue weighted by molar-refractivity contribution is 7.88. The second-order valence-electron chi connectivity index (χ2n) is 6.52. The van der Waals surface area contributed by atoms with Gasteiger partial charge in [0, 0.05) is 19.6 Å². The van der Waals surface area contributed by atoms with Crippen molar-refractivity contribution in [2.45, 2.75) is 33.1 Å². The predicted octanol–water partition coefficient (Wildman–Crippen LogP) is 1.76. The van der Waals surface area contributed by atoms with Crippen LogP contribution in [0.25, 0.3) is 0 Å². The maximum Gasteiger partial charge on any atom is 0.211 e. The fourth-order valence-corrected chi connectivity index (χ4v) is 3.60. The minimum atomic E-state index is -3.09. The lowest BCUT2D eigenvalue weighted by Gasteiger charge is -2.30. The molecule has 1 atom stereocenters. The van der Waals surface area contributed by atoms with Crippen LogP contribution in [0.4, 0.5) is 5.82 Å². The zero-order valence-electron chi connectivity index (χ0n) is 13.6. The quantitative estimate of drug-likeness (QED) is 0.862. The average Bonchev–Trinajstić information content (AvgIpc) is 2.46. The van der Waals surface area contributed by atoms with Crippen LogP contribution in [0, 0.1) is 11.8 Å². The monoisotopic (exact) mass is 326 g/mol. The molecule has 0 aromatic carbocycles. The van der Waals surface area contributed by atoms with Crippen LogP contribution in [0.2, 0.25) is 0 Å². The fraction of sp³-hybridized carbons (Fsp3) is 0.733. The minimum Gasteiger partial charge on any atom is -0.368 e. The van der Waals surface area contributed by atoms with Crippen LogP contribution < -0.4 is 5.32 Å². The molecule has 0 spiro atoms. The molecule has 2 rings (SSSR count). The van der Waals surface area contributed by atoms with Crippen molar-refractivity contribution >= 4 is 15.8 Å². The zero-order chi connectivity index (χ0) is 16.2. The van der Waals surface area contributed by atoms with E-state index in [1.165, 1.54) is 6.26 Å². The van der Waals surface area contributed by atoms with Gasteiger partial charge >= 0.3 is 0 Å². The molecule has 1 aromatic heterocycles. The Bertz CT molecular complexity index is 572. The molecule has 0 unspecified atom stereocenters. The van der Waals surface area contributed by atoms with Crippen LogP contribution in [0.5, 0.6) is 0 Å². The van der Waals surface area contributed by atoms with Gasteiger partial charge < -0.3 is 5.32 Å². The molecule has 0 bridgehead atoms.